The summed E-state index contributed by atoms with van der Waals surface area (Å²) in [5.41, 5.74) is 11.8. The average Bonchev–Trinajstić information content (AvgIpc) is 3.49. The first-order chi connectivity index (χ1) is 22.9. The van der Waals surface area contributed by atoms with Crippen molar-refractivity contribution in [2.24, 2.45) is 0 Å². The number of pyridine rings is 1. The van der Waals surface area contributed by atoms with Crippen molar-refractivity contribution in [3.8, 4) is 45.2 Å². The molecule has 5 aromatic carbocycles. The van der Waals surface area contributed by atoms with Crippen molar-refractivity contribution >= 4 is 11.0 Å². The molecule has 0 saturated carbocycles. The van der Waals surface area contributed by atoms with Crippen molar-refractivity contribution in [1.29, 1.82) is 0 Å². The van der Waals surface area contributed by atoms with Crippen LogP contribution in [0.5, 0.6) is 5.75 Å². The smallest absolute Gasteiger partial charge is 0.148 e. The maximum Gasteiger partial charge on any atom is 0.148 e. The molecule has 7 aromatic rings. The molecule has 2 aromatic heterocycles. The molecule has 0 fully saturated rings. The van der Waals surface area contributed by atoms with Crippen LogP contribution in [0.1, 0.15) is 61.8 Å². The number of phenolic OH excluding ortho intramolecular Hbond substituents is 1. The third-order valence-corrected chi connectivity index (χ3v) is 8.87. The van der Waals surface area contributed by atoms with Gasteiger partial charge in [-0.1, -0.05) is 123 Å². The Labute approximate surface area is 297 Å². The van der Waals surface area contributed by atoms with Gasteiger partial charge in [-0.25, -0.2) is 4.98 Å². The quantitative estimate of drug-likeness (QED) is 0.156. The second-order valence-corrected chi connectivity index (χ2v) is 12.7. The Balaban J connectivity index is 0.00000401. The molecule has 5 heteroatoms. The average molecular weight is 808 g/mol. The molecular formula is C43H38N3OPt-. The minimum atomic E-state index is 0. The van der Waals surface area contributed by atoms with Crippen LogP contribution in [0.3, 0.4) is 0 Å². The predicted octanol–water partition coefficient (Wildman–Crippen LogP) is 10.8. The van der Waals surface area contributed by atoms with E-state index in [4.69, 9.17) is 4.98 Å². The van der Waals surface area contributed by atoms with Crippen molar-refractivity contribution < 1.29 is 26.2 Å². The van der Waals surface area contributed by atoms with Gasteiger partial charge in [-0.05, 0) is 59.7 Å². The van der Waals surface area contributed by atoms with E-state index in [2.05, 4.69) is 122 Å². The fourth-order valence-electron chi connectivity index (χ4n) is 6.34. The van der Waals surface area contributed by atoms with Gasteiger partial charge in [-0.2, -0.15) is 0 Å². The summed E-state index contributed by atoms with van der Waals surface area (Å²) in [6.07, 6.45) is 2.57. The SMILES string of the molecule is CC(C)c1cc(-c2nc3c(-c4[c-]c(-c5ccccn5)ccc4Cc4ccccc4)cccc3n2-c2ccccc2)c(O)c(C(C)C)c1.[Pt]. The molecule has 4 nitrogen and oxygen atoms in total. The molecule has 0 atom stereocenters. The van der Waals surface area contributed by atoms with Crippen LogP contribution in [0.25, 0.3) is 50.5 Å². The Bertz CT molecular complexity index is 2170. The van der Waals surface area contributed by atoms with E-state index in [0.29, 0.717) is 11.7 Å². The summed E-state index contributed by atoms with van der Waals surface area (Å²) in [7, 11) is 0. The van der Waals surface area contributed by atoms with E-state index >= 15 is 0 Å². The molecule has 0 spiro atoms. The fourth-order valence-corrected chi connectivity index (χ4v) is 6.34. The van der Waals surface area contributed by atoms with Crippen LogP contribution < -0.4 is 0 Å². The van der Waals surface area contributed by atoms with Gasteiger partial charge in [-0.15, -0.1) is 29.3 Å². The van der Waals surface area contributed by atoms with Crippen molar-refractivity contribution in [3.05, 3.63) is 156 Å². The zero-order chi connectivity index (χ0) is 32.5. The number of nitrogens with zero attached hydrogens (tertiary/aromatic N) is 3. The summed E-state index contributed by atoms with van der Waals surface area (Å²) in [6.45, 7) is 8.63. The van der Waals surface area contributed by atoms with E-state index in [0.717, 1.165) is 62.2 Å². The van der Waals surface area contributed by atoms with Crippen LogP contribution in [0.4, 0.5) is 0 Å². The number of phenols is 1. The number of aromatic nitrogens is 3. The van der Waals surface area contributed by atoms with E-state index in [9.17, 15) is 5.11 Å². The van der Waals surface area contributed by atoms with Crippen LogP contribution >= 0.6 is 0 Å². The van der Waals surface area contributed by atoms with Crippen molar-refractivity contribution in [1.82, 2.24) is 14.5 Å². The van der Waals surface area contributed by atoms with Crippen molar-refractivity contribution in [2.75, 3.05) is 0 Å². The minimum absolute atomic E-state index is 0. The summed E-state index contributed by atoms with van der Waals surface area (Å²) < 4.78 is 2.18. The molecule has 0 saturated heterocycles. The number of hydrogen-bond acceptors (Lipinski definition) is 3. The summed E-state index contributed by atoms with van der Waals surface area (Å²) >= 11 is 0. The number of para-hydroxylation sites is 2. The van der Waals surface area contributed by atoms with Gasteiger partial charge in [0.05, 0.1) is 16.6 Å². The fraction of sp³-hybridized carbons (Fsp3) is 0.163. The van der Waals surface area contributed by atoms with Gasteiger partial charge in [-0.3, -0.25) is 9.55 Å². The number of benzene rings is 5. The molecule has 0 amide bonds. The monoisotopic (exact) mass is 807 g/mol. The van der Waals surface area contributed by atoms with Gasteiger partial charge in [0.25, 0.3) is 0 Å². The topological polar surface area (TPSA) is 50.9 Å². The first-order valence-corrected chi connectivity index (χ1v) is 16.3. The summed E-state index contributed by atoms with van der Waals surface area (Å²) in [4.78, 5) is 10.0. The molecule has 0 aliphatic carbocycles. The van der Waals surface area contributed by atoms with Crippen LogP contribution in [0.2, 0.25) is 0 Å². The Morgan fingerprint density at radius 1 is 0.729 bits per heavy atom. The Morgan fingerprint density at radius 3 is 2.15 bits per heavy atom. The zero-order valence-electron chi connectivity index (χ0n) is 27.6. The minimum Gasteiger partial charge on any atom is -0.507 e. The first-order valence-electron chi connectivity index (χ1n) is 16.3. The van der Waals surface area contributed by atoms with Gasteiger partial charge >= 0.3 is 0 Å². The van der Waals surface area contributed by atoms with E-state index in [1.165, 1.54) is 11.1 Å². The maximum absolute atomic E-state index is 11.8. The second-order valence-electron chi connectivity index (χ2n) is 12.7. The first kappa shape index (κ1) is 33.1. The van der Waals surface area contributed by atoms with E-state index in [1.54, 1.807) is 0 Å². The molecule has 0 radical (unpaired) electrons. The standard InChI is InChI=1S/C43H38N3O.Pt/c1-28(2)33-26-36(29(3)4)42(47)38(27-33)43-45-41-35(18-13-20-40(41)46(43)34-16-9-6-10-17-34)37-25-32(39-19-11-12-23-44-39)22-21-31(37)24-30-14-7-5-8-15-30;/h5-23,26-29,47H,24H2,1-4H3;/q-1;. The van der Waals surface area contributed by atoms with Crippen LogP contribution in [-0.2, 0) is 27.5 Å². The number of imidazole rings is 1. The summed E-state index contributed by atoms with van der Waals surface area (Å²) in [6, 6.07) is 45.5. The van der Waals surface area contributed by atoms with Gasteiger partial charge in [0.1, 0.15) is 11.6 Å². The Hall–Kier alpha value is -4.79. The molecule has 0 bridgehead atoms. The molecular weight excluding hydrogens is 770 g/mol. The normalized spacial score (nSPS) is 11.3. The van der Waals surface area contributed by atoms with E-state index < -0.39 is 0 Å². The second kappa shape index (κ2) is 14.1. The van der Waals surface area contributed by atoms with Crippen LogP contribution in [0, 0.1) is 6.07 Å². The van der Waals surface area contributed by atoms with Crippen LogP contribution in [0.15, 0.2) is 128 Å². The van der Waals surface area contributed by atoms with Gasteiger partial charge in [0.2, 0.25) is 0 Å². The Kier molecular flexibility index (Phi) is 9.75. The largest absolute Gasteiger partial charge is 0.507 e. The molecule has 0 aliphatic heterocycles. The van der Waals surface area contributed by atoms with E-state index in [-0.39, 0.29) is 32.7 Å². The number of rotatable bonds is 8. The number of fused-ring (bicyclic) bond motifs is 1. The molecule has 7 rings (SSSR count). The van der Waals surface area contributed by atoms with Gasteiger partial charge in [0, 0.05) is 38.6 Å². The van der Waals surface area contributed by atoms with Gasteiger partial charge < -0.3 is 5.11 Å². The Morgan fingerprint density at radius 2 is 1.46 bits per heavy atom. The van der Waals surface area contributed by atoms with E-state index in [1.807, 2.05) is 48.7 Å². The van der Waals surface area contributed by atoms with Crippen molar-refractivity contribution in [3.63, 3.8) is 0 Å². The van der Waals surface area contributed by atoms with Crippen molar-refractivity contribution in [2.45, 2.75) is 46.0 Å². The molecule has 0 unspecified atom stereocenters. The van der Waals surface area contributed by atoms with Gasteiger partial charge in [0.15, 0.2) is 0 Å². The number of hydrogen-bond donors (Lipinski definition) is 1. The summed E-state index contributed by atoms with van der Waals surface area (Å²) in [5, 5.41) is 11.8. The molecule has 242 valence electrons. The third-order valence-electron chi connectivity index (χ3n) is 8.87. The molecule has 48 heavy (non-hydrogen) atoms. The van der Waals surface area contributed by atoms with Crippen LogP contribution in [-0.4, -0.2) is 19.6 Å². The molecule has 2 heterocycles. The third kappa shape index (κ3) is 6.38. The molecule has 1 N–H and O–H groups in total. The molecule has 0 aliphatic rings. The zero-order valence-corrected chi connectivity index (χ0v) is 29.9. The number of aromatic hydroxyl groups is 1. The predicted molar refractivity (Wildman–Crippen MR) is 193 cm³/mol. The summed E-state index contributed by atoms with van der Waals surface area (Å²) in [5.74, 6) is 1.45. The maximum atomic E-state index is 11.8.